The van der Waals surface area contributed by atoms with Gasteiger partial charge in [0.15, 0.2) is 0 Å². The fraction of sp³-hybridized carbons (Fsp3) is 0.562. The molecule has 1 saturated heterocycles. The second kappa shape index (κ2) is 7.00. The van der Waals surface area contributed by atoms with Crippen molar-refractivity contribution >= 4 is 5.91 Å². The third kappa shape index (κ3) is 4.25. The fourth-order valence-electron chi connectivity index (χ4n) is 2.57. The van der Waals surface area contributed by atoms with Gasteiger partial charge in [0.2, 0.25) is 5.91 Å². The zero-order valence-corrected chi connectivity index (χ0v) is 12.6. The molecule has 1 aliphatic heterocycles. The van der Waals surface area contributed by atoms with Crippen molar-refractivity contribution < 1.29 is 13.9 Å². The van der Waals surface area contributed by atoms with Crippen molar-refractivity contribution in [2.45, 2.75) is 32.4 Å². The normalized spacial score (nSPS) is 20.6. The molecular formula is C16H23FN2O2. The lowest BCUT2D eigenvalue weighted by Crippen LogP contribution is -2.49. The van der Waals surface area contributed by atoms with E-state index in [1.165, 1.54) is 12.1 Å². The Morgan fingerprint density at radius 3 is 2.71 bits per heavy atom. The third-order valence-electron chi connectivity index (χ3n) is 3.66. The largest absolute Gasteiger partial charge is 0.370 e. The van der Waals surface area contributed by atoms with Gasteiger partial charge in [-0.1, -0.05) is 26.0 Å². The molecule has 1 amide bonds. The van der Waals surface area contributed by atoms with Crippen molar-refractivity contribution in [3.63, 3.8) is 0 Å². The number of nitrogens with zero attached hydrogens (tertiary/aromatic N) is 1. The van der Waals surface area contributed by atoms with Gasteiger partial charge in [-0.05, 0) is 30.0 Å². The second-order valence-corrected chi connectivity index (χ2v) is 5.93. The number of carbonyl (C=O) groups is 1. The number of amides is 1. The summed E-state index contributed by atoms with van der Waals surface area (Å²) < 4.78 is 18.7. The molecule has 2 rings (SSSR count). The highest BCUT2D eigenvalue weighted by Crippen LogP contribution is 2.23. The van der Waals surface area contributed by atoms with E-state index in [9.17, 15) is 9.18 Å². The molecule has 1 aromatic rings. The Balaban J connectivity index is 2.00. The molecule has 116 valence electrons. The van der Waals surface area contributed by atoms with Crippen LogP contribution in [0.5, 0.6) is 0 Å². The zero-order valence-electron chi connectivity index (χ0n) is 12.6. The summed E-state index contributed by atoms with van der Waals surface area (Å²) in [6.07, 6.45) is 0.465. The van der Waals surface area contributed by atoms with Crippen LogP contribution in [0.2, 0.25) is 0 Å². The number of hydrogen-bond acceptors (Lipinski definition) is 3. The van der Waals surface area contributed by atoms with E-state index in [1.54, 1.807) is 17.0 Å². The average molecular weight is 294 g/mol. The lowest BCUT2D eigenvalue weighted by Gasteiger charge is -2.34. The fourth-order valence-corrected chi connectivity index (χ4v) is 2.57. The number of hydrogen-bond donors (Lipinski definition) is 1. The first kappa shape index (κ1) is 15.9. The van der Waals surface area contributed by atoms with Gasteiger partial charge in [0, 0.05) is 6.54 Å². The lowest BCUT2D eigenvalue weighted by atomic mass is 10.0. The van der Waals surface area contributed by atoms with Crippen LogP contribution in [-0.4, -0.2) is 36.5 Å². The minimum Gasteiger partial charge on any atom is -0.370 e. The average Bonchev–Trinajstić information content (AvgIpc) is 2.46. The van der Waals surface area contributed by atoms with Gasteiger partial charge in [-0.25, -0.2) is 4.39 Å². The summed E-state index contributed by atoms with van der Waals surface area (Å²) in [5.41, 5.74) is 6.85. The number of rotatable bonds is 4. The quantitative estimate of drug-likeness (QED) is 0.925. The van der Waals surface area contributed by atoms with Gasteiger partial charge < -0.3 is 15.4 Å². The molecule has 4 nitrogen and oxygen atoms in total. The van der Waals surface area contributed by atoms with Gasteiger partial charge >= 0.3 is 0 Å². The molecule has 0 spiro atoms. The highest BCUT2D eigenvalue weighted by atomic mass is 19.1. The molecule has 1 aliphatic rings. The van der Waals surface area contributed by atoms with E-state index < -0.39 is 6.04 Å². The molecule has 0 aliphatic carbocycles. The van der Waals surface area contributed by atoms with Crippen molar-refractivity contribution in [2.24, 2.45) is 11.7 Å². The third-order valence-corrected chi connectivity index (χ3v) is 3.66. The first-order chi connectivity index (χ1) is 9.97. The highest BCUT2D eigenvalue weighted by molar-refractivity contribution is 5.81. The smallest absolute Gasteiger partial charge is 0.239 e. The number of halogens is 1. The summed E-state index contributed by atoms with van der Waals surface area (Å²) in [5, 5.41) is 0. The predicted octanol–water partition coefficient (Wildman–Crippen LogP) is 2.10. The Morgan fingerprint density at radius 2 is 2.10 bits per heavy atom. The molecule has 0 radical (unpaired) electrons. The Hall–Kier alpha value is -1.46. The van der Waals surface area contributed by atoms with Gasteiger partial charge in [0.05, 0.1) is 19.2 Å². The minimum atomic E-state index is -0.461. The van der Waals surface area contributed by atoms with E-state index in [2.05, 4.69) is 0 Å². The number of ether oxygens (including phenoxy) is 1. The maximum absolute atomic E-state index is 13.0. The zero-order chi connectivity index (χ0) is 15.4. The van der Waals surface area contributed by atoms with Gasteiger partial charge in [0.1, 0.15) is 11.9 Å². The summed E-state index contributed by atoms with van der Waals surface area (Å²) in [7, 11) is 0. The van der Waals surface area contributed by atoms with Crippen molar-refractivity contribution in [1.82, 2.24) is 4.90 Å². The maximum Gasteiger partial charge on any atom is 0.239 e. The van der Waals surface area contributed by atoms with E-state index >= 15 is 0 Å². The Labute approximate surface area is 125 Å². The number of morpholine rings is 1. The molecule has 1 aromatic carbocycles. The van der Waals surface area contributed by atoms with Gasteiger partial charge in [0.25, 0.3) is 0 Å². The van der Waals surface area contributed by atoms with Crippen LogP contribution >= 0.6 is 0 Å². The molecule has 21 heavy (non-hydrogen) atoms. The monoisotopic (exact) mass is 294 g/mol. The van der Waals surface area contributed by atoms with E-state index in [1.807, 2.05) is 13.8 Å². The van der Waals surface area contributed by atoms with Gasteiger partial charge in [-0.3, -0.25) is 4.79 Å². The van der Waals surface area contributed by atoms with Crippen molar-refractivity contribution in [3.8, 4) is 0 Å². The Kier molecular flexibility index (Phi) is 5.31. The van der Waals surface area contributed by atoms with Crippen LogP contribution in [0, 0.1) is 11.7 Å². The van der Waals surface area contributed by atoms with Crippen molar-refractivity contribution in [1.29, 1.82) is 0 Å². The van der Waals surface area contributed by atoms with Crippen molar-refractivity contribution in [3.05, 3.63) is 35.6 Å². The molecule has 2 N–H and O–H groups in total. The van der Waals surface area contributed by atoms with Crippen LogP contribution in [0.1, 0.15) is 31.9 Å². The number of carbonyl (C=O) groups excluding carboxylic acids is 1. The van der Waals surface area contributed by atoms with E-state index in [4.69, 9.17) is 10.5 Å². The van der Waals surface area contributed by atoms with Gasteiger partial charge in [-0.15, -0.1) is 0 Å². The molecule has 0 bridgehead atoms. The maximum atomic E-state index is 13.0. The highest BCUT2D eigenvalue weighted by Gasteiger charge is 2.28. The molecule has 5 heteroatoms. The van der Waals surface area contributed by atoms with Crippen LogP contribution in [-0.2, 0) is 9.53 Å². The van der Waals surface area contributed by atoms with Crippen LogP contribution in [0.25, 0.3) is 0 Å². The molecule has 0 saturated carbocycles. The first-order valence-corrected chi connectivity index (χ1v) is 7.39. The summed E-state index contributed by atoms with van der Waals surface area (Å²) in [6.45, 7) is 5.60. The van der Waals surface area contributed by atoms with Crippen LogP contribution in [0.3, 0.4) is 0 Å². The Morgan fingerprint density at radius 1 is 1.43 bits per heavy atom. The lowest BCUT2D eigenvalue weighted by molar-refractivity contribution is -0.140. The molecule has 1 heterocycles. The summed E-state index contributed by atoms with van der Waals surface area (Å²) in [4.78, 5) is 14.1. The number of nitrogens with two attached hydrogens (primary N) is 1. The SMILES string of the molecule is CC(C)CC(N)C(=O)N1CCOC(c2ccc(F)cc2)C1. The molecule has 1 fully saturated rings. The predicted molar refractivity (Wildman–Crippen MR) is 79.1 cm³/mol. The number of benzene rings is 1. The topological polar surface area (TPSA) is 55.6 Å². The van der Waals surface area contributed by atoms with Crippen molar-refractivity contribution in [2.75, 3.05) is 19.7 Å². The Bertz CT molecular complexity index is 476. The second-order valence-electron chi connectivity index (χ2n) is 5.93. The summed E-state index contributed by atoms with van der Waals surface area (Å²) in [5.74, 6) is 0.0819. The van der Waals surface area contributed by atoms with E-state index in [0.717, 1.165) is 5.56 Å². The molecule has 2 atom stereocenters. The molecule has 0 aromatic heterocycles. The standard InChI is InChI=1S/C16H23FN2O2/c1-11(2)9-14(18)16(20)19-7-8-21-15(10-19)12-3-5-13(17)6-4-12/h3-6,11,14-15H,7-10,18H2,1-2H3. The van der Waals surface area contributed by atoms with E-state index in [0.29, 0.717) is 32.0 Å². The first-order valence-electron chi connectivity index (χ1n) is 7.39. The summed E-state index contributed by atoms with van der Waals surface area (Å²) >= 11 is 0. The van der Waals surface area contributed by atoms with Crippen LogP contribution < -0.4 is 5.73 Å². The van der Waals surface area contributed by atoms with Gasteiger partial charge in [-0.2, -0.15) is 0 Å². The van der Waals surface area contributed by atoms with Crippen LogP contribution in [0.4, 0.5) is 4.39 Å². The molecule has 2 unspecified atom stereocenters. The van der Waals surface area contributed by atoms with Crippen LogP contribution in [0.15, 0.2) is 24.3 Å². The van der Waals surface area contributed by atoms with E-state index in [-0.39, 0.29) is 17.8 Å². The summed E-state index contributed by atoms with van der Waals surface area (Å²) in [6, 6.07) is 5.75. The molecular weight excluding hydrogens is 271 g/mol. The minimum absolute atomic E-state index is 0.0286.